The molecule has 1 aliphatic heterocycles. The van der Waals surface area contributed by atoms with Crippen molar-refractivity contribution >= 4 is 17.5 Å². The molecule has 1 heterocycles. The normalized spacial score (nSPS) is 17.8. The van der Waals surface area contributed by atoms with E-state index in [0.29, 0.717) is 24.8 Å². The van der Waals surface area contributed by atoms with E-state index >= 15 is 0 Å². The summed E-state index contributed by atoms with van der Waals surface area (Å²) in [5.41, 5.74) is 2.81. The van der Waals surface area contributed by atoms with Crippen LogP contribution in [0.5, 0.6) is 0 Å². The predicted molar refractivity (Wildman–Crippen MR) is 97.4 cm³/mol. The molecule has 0 saturated carbocycles. The number of nitrogens with zero attached hydrogens (tertiary/aromatic N) is 1. The van der Waals surface area contributed by atoms with E-state index in [4.69, 9.17) is 16.3 Å². The highest BCUT2D eigenvalue weighted by Gasteiger charge is 2.27. The number of morpholine rings is 1. The number of carbonyl (C=O) groups excluding carboxylic acids is 1. The molecule has 0 aromatic heterocycles. The molecule has 2 aromatic carbocycles. The Labute approximate surface area is 148 Å². The Balaban J connectivity index is 1.84. The largest absolute Gasteiger partial charge is 0.377 e. The lowest BCUT2D eigenvalue weighted by Crippen LogP contribution is -2.48. The minimum atomic E-state index is 0.0903. The highest BCUT2D eigenvalue weighted by Crippen LogP contribution is 2.24. The molecule has 24 heavy (non-hydrogen) atoms. The van der Waals surface area contributed by atoms with E-state index in [-0.39, 0.29) is 11.9 Å². The van der Waals surface area contributed by atoms with Gasteiger partial charge >= 0.3 is 0 Å². The average molecular weight is 344 g/mol. The molecule has 0 spiro atoms. The average Bonchev–Trinajstić information content (AvgIpc) is 2.63. The van der Waals surface area contributed by atoms with Crippen LogP contribution in [0.15, 0.2) is 48.5 Å². The number of carbonyl (C=O) groups is 1. The van der Waals surface area contributed by atoms with Gasteiger partial charge < -0.3 is 9.64 Å². The van der Waals surface area contributed by atoms with Gasteiger partial charge in [-0.25, -0.2) is 0 Å². The van der Waals surface area contributed by atoms with Gasteiger partial charge in [0.25, 0.3) is 5.91 Å². The summed E-state index contributed by atoms with van der Waals surface area (Å²) in [5.74, 6) is 0.0903. The standard InChI is InChI=1S/C20H22ClNO2/c1-2-4-19-14-24-12-11-22(19)20(23)17-6-3-5-16(13-17)15-7-9-18(21)10-8-15/h3,5-10,13,19H,2,4,11-12,14H2,1H3/t19-/m0/s1. The first-order valence-corrected chi connectivity index (χ1v) is 8.81. The summed E-state index contributed by atoms with van der Waals surface area (Å²) in [6, 6.07) is 15.7. The van der Waals surface area contributed by atoms with Crippen LogP contribution >= 0.6 is 11.6 Å². The molecule has 3 nitrogen and oxygen atoms in total. The number of halogens is 1. The molecular formula is C20H22ClNO2. The fraction of sp³-hybridized carbons (Fsp3) is 0.350. The molecule has 1 atom stereocenters. The van der Waals surface area contributed by atoms with Crippen molar-refractivity contribution in [2.24, 2.45) is 0 Å². The predicted octanol–water partition coefficient (Wildman–Crippen LogP) is 4.65. The maximum atomic E-state index is 13.0. The monoisotopic (exact) mass is 343 g/mol. The first-order chi connectivity index (χ1) is 11.7. The molecule has 4 heteroatoms. The molecule has 0 bridgehead atoms. The van der Waals surface area contributed by atoms with Gasteiger partial charge in [0.05, 0.1) is 19.3 Å². The topological polar surface area (TPSA) is 29.5 Å². The van der Waals surface area contributed by atoms with Crippen molar-refractivity contribution in [2.45, 2.75) is 25.8 Å². The second kappa shape index (κ2) is 7.82. The van der Waals surface area contributed by atoms with Crippen LogP contribution in [-0.2, 0) is 4.74 Å². The van der Waals surface area contributed by atoms with Crippen LogP contribution in [0.3, 0.4) is 0 Å². The Kier molecular flexibility index (Phi) is 5.54. The van der Waals surface area contributed by atoms with Gasteiger partial charge in [0, 0.05) is 17.1 Å². The third kappa shape index (κ3) is 3.80. The van der Waals surface area contributed by atoms with Gasteiger partial charge in [-0.2, -0.15) is 0 Å². The highest BCUT2D eigenvalue weighted by molar-refractivity contribution is 6.30. The fourth-order valence-corrected chi connectivity index (χ4v) is 3.26. The van der Waals surface area contributed by atoms with Crippen LogP contribution in [-0.4, -0.2) is 36.6 Å². The van der Waals surface area contributed by atoms with Gasteiger partial charge in [-0.05, 0) is 41.8 Å². The van der Waals surface area contributed by atoms with Crippen molar-refractivity contribution in [2.75, 3.05) is 19.8 Å². The second-order valence-electron chi connectivity index (χ2n) is 6.10. The van der Waals surface area contributed by atoms with Gasteiger partial charge in [-0.15, -0.1) is 0 Å². The van der Waals surface area contributed by atoms with Crippen molar-refractivity contribution in [3.8, 4) is 11.1 Å². The van der Waals surface area contributed by atoms with E-state index in [9.17, 15) is 4.79 Å². The number of amides is 1. The van der Waals surface area contributed by atoms with Crippen molar-refractivity contribution in [1.29, 1.82) is 0 Å². The molecule has 126 valence electrons. The lowest BCUT2D eigenvalue weighted by Gasteiger charge is -2.35. The van der Waals surface area contributed by atoms with Crippen LogP contribution in [0.2, 0.25) is 5.02 Å². The number of hydrogen-bond acceptors (Lipinski definition) is 2. The molecule has 0 aliphatic carbocycles. The minimum Gasteiger partial charge on any atom is -0.377 e. The molecule has 2 aromatic rings. The Morgan fingerprint density at radius 2 is 2.00 bits per heavy atom. The number of hydrogen-bond donors (Lipinski definition) is 0. The van der Waals surface area contributed by atoms with Gasteiger partial charge in [-0.3, -0.25) is 4.79 Å². The zero-order chi connectivity index (χ0) is 16.9. The Hall–Kier alpha value is -1.84. The van der Waals surface area contributed by atoms with Crippen LogP contribution < -0.4 is 0 Å². The summed E-state index contributed by atoms with van der Waals surface area (Å²) in [7, 11) is 0. The number of ether oxygens (including phenoxy) is 1. The second-order valence-corrected chi connectivity index (χ2v) is 6.54. The van der Waals surface area contributed by atoms with Crippen LogP contribution in [0.1, 0.15) is 30.1 Å². The summed E-state index contributed by atoms with van der Waals surface area (Å²) in [6.07, 6.45) is 2.02. The molecule has 1 saturated heterocycles. The lowest BCUT2D eigenvalue weighted by molar-refractivity contribution is -0.00433. The molecule has 0 N–H and O–H groups in total. The van der Waals surface area contributed by atoms with Crippen molar-refractivity contribution in [3.63, 3.8) is 0 Å². The maximum absolute atomic E-state index is 13.0. The van der Waals surface area contributed by atoms with Gasteiger partial charge in [0.2, 0.25) is 0 Å². The van der Waals surface area contributed by atoms with Crippen molar-refractivity contribution < 1.29 is 9.53 Å². The molecule has 3 rings (SSSR count). The minimum absolute atomic E-state index is 0.0903. The Morgan fingerprint density at radius 1 is 1.21 bits per heavy atom. The van der Waals surface area contributed by atoms with E-state index in [1.165, 1.54) is 0 Å². The first-order valence-electron chi connectivity index (χ1n) is 8.43. The summed E-state index contributed by atoms with van der Waals surface area (Å²) in [5, 5.41) is 0.710. The van der Waals surface area contributed by atoms with E-state index in [2.05, 4.69) is 6.92 Å². The van der Waals surface area contributed by atoms with Crippen LogP contribution in [0, 0.1) is 0 Å². The van der Waals surface area contributed by atoms with E-state index in [0.717, 1.165) is 29.5 Å². The number of rotatable bonds is 4. The third-order valence-corrected chi connectivity index (χ3v) is 4.65. The highest BCUT2D eigenvalue weighted by atomic mass is 35.5. The number of benzene rings is 2. The molecular weight excluding hydrogens is 322 g/mol. The van der Waals surface area contributed by atoms with E-state index < -0.39 is 0 Å². The molecule has 1 fully saturated rings. The van der Waals surface area contributed by atoms with Crippen molar-refractivity contribution in [1.82, 2.24) is 4.90 Å². The summed E-state index contributed by atoms with van der Waals surface area (Å²) in [4.78, 5) is 14.9. The molecule has 0 unspecified atom stereocenters. The third-order valence-electron chi connectivity index (χ3n) is 4.40. The smallest absolute Gasteiger partial charge is 0.254 e. The first kappa shape index (κ1) is 17.0. The maximum Gasteiger partial charge on any atom is 0.254 e. The SMILES string of the molecule is CCC[C@H]1COCCN1C(=O)c1cccc(-c2ccc(Cl)cc2)c1. The van der Waals surface area contributed by atoms with Crippen LogP contribution in [0.4, 0.5) is 0 Å². The van der Waals surface area contributed by atoms with Gasteiger partial charge in [-0.1, -0.05) is 49.2 Å². The summed E-state index contributed by atoms with van der Waals surface area (Å²) in [6.45, 7) is 4.05. The molecule has 1 amide bonds. The quantitative estimate of drug-likeness (QED) is 0.808. The van der Waals surface area contributed by atoms with E-state index in [1.807, 2.05) is 53.4 Å². The molecule has 1 aliphatic rings. The Morgan fingerprint density at radius 3 is 2.75 bits per heavy atom. The zero-order valence-electron chi connectivity index (χ0n) is 13.9. The summed E-state index contributed by atoms with van der Waals surface area (Å²) >= 11 is 5.96. The van der Waals surface area contributed by atoms with Gasteiger partial charge in [0.1, 0.15) is 0 Å². The summed E-state index contributed by atoms with van der Waals surface area (Å²) < 4.78 is 5.55. The lowest BCUT2D eigenvalue weighted by atomic mass is 10.0. The Bertz CT molecular complexity index is 697. The zero-order valence-corrected chi connectivity index (χ0v) is 14.6. The molecule has 0 radical (unpaired) electrons. The van der Waals surface area contributed by atoms with E-state index in [1.54, 1.807) is 0 Å². The fourth-order valence-electron chi connectivity index (χ4n) is 3.13. The van der Waals surface area contributed by atoms with Crippen molar-refractivity contribution in [3.05, 3.63) is 59.1 Å². The van der Waals surface area contributed by atoms with Crippen LogP contribution in [0.25, 0.3) is 11.1 Å². The van der Waals surface area contributed by atoms with Gasteiger partial charge in [0.15, 0.2) is 0 Å².